The van der Waals surface area contributed by atoms with Crippen LogP contribution >= 0.6 is 35.2 Å². The number of phosphoric acid groups is 3. The van der Waals surface area contributed by atoms with Crippen molar-refractivity contribution in [1.82, 2.24) is 9.55 Å². The number of aromatic nitrogens is 2. The fraction of sp³-hybridized carbons (Fsp3) is 0.636. The lowest BCUT2D eigenvalue weighted by Gasteiger charge is -2.43. The van der Waals surface area contributed by atoms with Crippen molar-refractivity contribution < 1.29 is 56.3 Å². The van der Waals surface area contributed by atoms with E-state index in [1.165, 1.54) is 0 Å². The van der Waals surface area contributed by atoms with Gasteiger partial charge in [0.1, 0.15) is 6.10 Å². The van der Waals surface area contributed by atoms with Crippen molar-refractivity contribution in [2.24, 2.45) is 5.11 Å². The molecular formula is C11H16N5O14P3S. The van der Waals surface area contributed by atoms with E-state index < -0.39 is 64.1 Å². The Bertz CT molecular complexity index is 1270. The Labute approximate surface area is 191 Å². The average Bonchev–Trinajstić information content (AvgIpc) is 2.87. The lowest BCUT2D eigenvalue weighted by Crippen LogP contribution is -2.54. The molecule has 1 aromatic heterocycles. The number of aliphatic hydroxyl groups excluding tert-OH is 1. The third-order valence-corrected chi connectivity index (χ3v) is 10.0. The maximum absolute atomic E-state index is 12.3. The van der Waals surface area contributed by atoms with Crippen LogP contribution in [0.2, 0.25) is 0 Å². The Morgan fingerprint density at radius 2 is 1.91 bits per heavy atom. The quantitative estimate of drug-likeness (QED) is 0.0962. The first kappa shape index (κ1) is 27.3. The summed E-state index contributed by atoms with van der Waals surface area (Å²) in [6.07, 6.45) is -1.91. The summed E-state index contributed by atoms with van der Waals surface area (Å²) in [7, 11) is -17.1. The minimum absolute atomic E-state index is 0.201. The van der Waals surface area contributed by atoms with Crippen LogP contribution in [0.1, 0.15) is 12.6 Å². The van der Waals surface area contributed by atoms with Crippen LogP contribution in [0.4, 0.5) is 0 Å². The van der Waals surface area contributed by atoms with Gasteiger partial charge in [-0.15, -0.1) is 11.8 Å². The SMILES string of the molecule is [N-]=[N+]=N[C@]1(COP(=O)(O)OP(=O)(O)OP(=O)(O)O)O[C@@H](n2ccc(=O)[nH]c2=O)[C@@]2(CCS2)[C@@H]1O. The van der Waals surface area contributed by atoms with Crippen molar-refractivity contribution in [3.8, 4) is 0 Å². The molecule has 34 heavy (non-hydrogen) atoms. The van der Waals surface area contributed by atoms with Crippen molar-refractivity contribution >= 4 is 35.2 Å². The third-order valence-electron chi connectivity index (χ3n) is 4.66. The number of thioether (sulfide) groups is 1. The summed E-state index contributed by atoms with van der Waals surface area (Å²) < 4.78 is 51.2. The third kappa shape index (κ3) is 5.56. The maximum atomic E-state index is 12.3. The Morgan fingerprint density at radius 3 is 2.41 bits per heavy atom. The summed E-state index contributed by atoms with van der Waals surface area (Å²) in [4.78, 5) is 64.3. The van der Waals surface area contributed by atoms with E-state index in [0.29, 0.717) is 5.75 Å². The zero-order valence-corrected chi connectivity index (χ0v) is 19.9. The first-order valence-electron chi connectivity index (χ1n) is 8.71. The maximum Gasteiger partial charge on any atom is 0.490 e. The van der Waals surface area contributed by atoms with Gasteiger partial charge in [0.15, 0.2) is 12.0 Å². The van der Waals surface area contributed by atoms with Gasteiger partial charge in [0, 0.05) is 17.2 Å². The van der Waals surface area contributed by atoms with Gasteiger partial charge in [0.05, 0.1) is 11.4 Å². The number of nitrogens with one attached hydrogen (secondary N) is 1. The summed E-state index contributed by atoms with van der Waals surface area (Å²) in [5, 5.41) is 14.3. The van der Waals surface area contributed by atoms with Crippen molar-refractivity contribution in [3.05, 3.63) is 43.5 Å². The number of hydrogen-bond donors (Lipinski definition) is 6. The molecule has 2 fully saturated rings. The lowest BCUT2D eigenvalue weighted by molar-refractivity contribution is -0.122. The molecule has 6 atom stereocenters. The summed E-state index contributed by atoms with van der Waals surface area (Å²) in [5.74, 6) is 0.469. The number of phosphoric ester groups is 1. The van der Waals surface area contributed by atoms with Crippen LogP contribution < -0.4 is 11.2 Å². The molecule has 2 aliphatic rings. The molecule has 0 aliphatic carbocycles. The number of aliphatic hydroxyl groups is 1. The standard InChI is InChI=1S/C11H16N5O14P3S/c12-15-14-11(5-27-32(23,24)30-33(25,26)29-31(20,21)22)7(18)10(2-4-34-10)8(28-11)16-3-1-6(17)13-9(16)19/h1,3,7-8,18H,2,4-5H2,(H,23,24)(H,25,26)(H,13,17,19)(H2,20,21,22)/t7-,8+,10+,11+/m0/s1. The molecule has 1 aromatic rings. The van der Waals surface area contributed by atoms with Crippen LogP contribution in [-0.2, 0) is 31.6 Å². The second-order valence-corrected chi connectivity index (χ2v) is 12.7. The minimum Gasteiger partial charge on any atom is -0.388 e. The predicted molar refractivity (Wildman–Crippen MR) is 109 cm³/mol. The first-order chi connectivity index (χ1) is 15.5. The summed E-state index contributed by atoms with van der Waals surface area (Å²) in [6.45, 7) is -1.29. The Kier molecular flexibility index (Phi) is 7.44. The van der Waals surface area contributed by atoms with E-state index in [9.17, 15) is 38.2 Å². The van der Waals surface area contributed by atoms with E-state index in [-0.39, 0.29) is 6.42 Å². The zero-order chi connectivity index (χ0) is 25.6. The first-order valence-corrected chi connectivity index (χ1v) is 14.2. The highest BCUT2D eigenvalue weighted by atomic mass is 32.2. The van der Waals surface area contributed by atoms with E-state index in [4.69, 9.17) is 20.1 Å². The molecule has 6 N–H and O–H groups in total. The highest BCUT2D eigenvalue weighted by molar-refractivity contribution is 8.02. The molecule has 0 saturated carbocycles. The van der Waals surface area contributed by atoms with Gasteiger partial charge in [0.2, 0.25) is 0 Å². The fourth-order valence-electron chi connectivity index (χ4n) is 3.30. The van der Waals surface area contributed by atoms with Gasteiger partial charge in [-0.25, -0.2) is 18.5 Å². The molecule has 2 saturated heterocycles. The van der Waals surface area contributed by atoms with Crippen molar-refractivity contribution in [3.63, 3.8) is 0 Å². The smallest absolute Gasteiger partial charge is 0.388 e. The largest absolute Gasteiger partial charge is 0.490 e. The molecule has 3 heterocycles. The second kappa shape index (κ2) is 9.28. The van der Waals surface area contributed by atoms with Crippen LogP contribution in [0, 0.1) is 0 Å². The number of nitrogens with zero attached hydrogens (tertiary/aromatic N) is 4. The molecule has 1 spiro atoms. The van der Waals surface area contributed by atoms with Gasteiger partial charge in [-0.1, -0.05) is 5.11 Å². The molecule has 2 unspecified atom stereocenters. The molecule has 0 bridgehead atoms. The molecule has 0 amide bonds. The molecular weight excluding hydrogens is 551 g/mol. The van der Waals surface area contributed by atoms with E-state index in [0.717, 1.165) is 28.6 Å². The number of aromatic amines is 1. The van der Waals surface area contributed by atoms with E-state index >= 15 is 0 Å². The van der Waals surface area contributed by atoms with Crippen molar-refractivity contribution in [2.45, 2.75) is 29.2 Å². The molecule has 19 nitrogen and oxygen atoms in total. The normalized spacial score (nSPS) is 32.4. The summed E-state index contributed by atoms with van der Waals surface area (Å²) >= 11 is 1.10. The van der Waals surface area contributed by atoms with Crippen molar-refractivity contribution in [2.75, 3.05) is 12.4 Å². The molecule has 3 rings (SSSR count). The van der Waals surface area contributed by atoms with E-state index in [1.807, 2.05) is 4.98 Å². The summed E-state index contributed by atoms with van der Waals surface area (Å²) in [5.41, 5.74) is 4.83. The van der Waals surface area contributed by atoms with Gasteiger partial charge < -0.3 is 29.4 Å². The van der Waals surface area contributed by atoms with Gasteiger partial charge in [0.25, 0.3) is 5.56 Å². The number of H-pyrrole nitrogens is 1. The average molecular weight is 567 g/mol. The van der Waals surface area contributed by atoms with Gasteiger partial charge in [-0.2, -0.15) is 8.62 Å². The van der Waals surface area contributed by atoms with Crippen LogP contribution in [0.25, 0.3) is 10.4 Å². The fourth-order valence-corrected chi connectivity index (χ4v) is 7.66. The van der Waals surface area contributed by atoms with Gasteiger partial charge in [-0.05, 0) is 17.7 Å². The molecule has 0 aromatic carbocycles. The van der Waals surface area contributed by atoms with E-state index in [1.54, 1.807) is 0 Å². The predicted octanol–water partition coefficient (Wildman–Crippen LogP) is -0.348. The van der Waals surface area contributed by atoms with E-state index in [2.05, 4.69) is 23.2 Å². The molecule has 2 aliphatic heterocycles. The number of hydrogen-bond acceptors (Lipinski definition) is 12. The van der Waals surface area contributed by atoms with Crippen LogP contribution in [0.5, 0.6) is 0 Å². The molecule has 0 radical (unpaired) electrons. The van der Waals surface area contributed by atoms with Gasteiger partial charge in [-0.3, -0.25) is 18.9 Å². The Hall–Kier alpha value is -1.33. The number of azide groups is 1. The van der Waals surface area contributed by atoms with Crippen LogP contribution in [0.15, 0.2) is 27.0 Å². The van der Waals surface area contributed by atoms with Crippen LogP contribution in [0.3, 0.4) is 0 Å². The van der Waals surface area contributed by atoms with Gasteiger partial charge >= 0.3 is 29.2 Å². The zero-order valence-electron chi connectivity index (χ0n) is 16.4. The monoisotopic (exact) mass is 567 g/mol. The molecule has 190 valence electrons. The minimum atomic E-state index is -5.83. The lowest BCUT2D eigenvalue weighted by atomic mass is 9.91. The second-order valence-electron chi connectivity index (χ2n) is 6.84. The topological polar surface area (TPSA) is 293 Å². The summed E-state index contributed by atoms with van der Waals surface area (Å²) in [6, 6.07) is 0.980. The van der Waals surface area contributed by atoms with Crippen LogP contribution in [-0.4, -0.2) is 63.2 Å². The Morgan fingerprint density at radius 1 is 1.26 bits per heavy atom. The molecule has 23 heteroatoms. The highest BCUT2D eigenvalue weighted by Gasteiger charge is 2.68. The number of rotatable bonds is 9. The highest BCUT2D eigenvalue weighted by Crippen LogP contribution is 2.67. The number of ether oxygens (including phenoxy) is 1. The Balaban J connectivity index is 1.91. The van der Waals surface area contributed by atoms with Crippen molar-refractivity contribution in [1.29, 1.82) is 0 Å².